The Morgan fingerprint density at radius 1 is 1.20 bits per heavy atom. The highest BCUT2D eigenvalue weighted by Gasteiger charge is 2.17. The highest BCUT2D eigenvalue weighted by atomic mass is 16.5. The lowest BCUT2D eigenvalue weighted by atomic mass is 10.0. The van der Waals surface area contributed by atoms with Crippen molar-refractivity contribution in [2.75, 3.05) is 19.5 Å². The second-order valence-electron chi connectivity index (χ2n) is 5.86. The van der Waals surface area contributed by atoms with E-state index in [-0.39, 0.29) is 5.91 Å². The summed E-state index contributed by atoms with van der Waals surface area (Å²) in [4.78, 5) is 17.2. The molecule has 132 valence electrons. The van der Waals surface area contributed by atoms with Crippen molar-refractivity contribution in [3.8, 4) is 11.5 Å². The van der Waals surface area contributed by atoms with Crippen LogP contribution in [-0.4, -0.2) is 25.1 Å². The lowest BCUT2D eigenvalue weighted by molar-refractivity contribution is 0.102. The normalized spacial score (nSPS) is 10.3. The number of anilines is 1. The summed E-state index contributed by atoms with van der Waals surface area (Å²) < 4.78 is 10.8. The zero-order valence-electron chi connectivity index (χ0n) is 15.4. The van der Waals surface area contributed by atoms with Gasteiger partial charge in [-0.3, -0.25) is 9.78 Å². The van der Waals surface area contributed by atoms with E-state index in [0.29, 0.717) is 23.5 Å². The maximum Gasteiger partial charge on any atom is 0.255 e. The summed E-state index contributed by atoms with van der Waals surface area (Å²) in [6.45, 7) is 9.52. The summed E-state index contributed by atoms with van der Waals surface area (Å²) in [5, 5.41) is 2.96. The fraction of sp³-hybridized carbons (Fsp3) is 0.300. The Balaban J connectivity index is 2.43. The molecule has 1 amide bonds. The van der Waals surface area contributed by atoms with Crippen LogP contribution in [0.4, 0.5) is 5.69 Å². The van der Waals surface area contributed by atoms with Gasteiger partial charge in [0.15, 0.2) is 11.5 Å². The number of ether oxygens (including phenoxy) is 2. The van der Waals surface area contributed by atoms with Crippen molar-refractivity contribution in [3.05, 3.63) is 58.9 Å². The van der Waals surface area contributed by atoms with E-state index in [4.69, 9.17) is 9.47 Å². The van der Waals surface area contributed by atoms with Crippen LogP contribution in [0.1, 0.15) is 32.9 Å². The third kappa shape index (κ3) is 3.99. The monoisotopic (exact) mass is 340 g/mol. The molecule has 0 spiro atoms. The first-order valence-electron chi connectivity index (χ1n) is 8.03. The largest absolute Gasteiger partial charge is 0.493 e. The van der Waals surface area contributed by atoms with Crippen molar-refractivity contribution < 1.29 is 14.3 Å². The average Bonchev–Trinajstić information content (AvgIpc) is 2.57. The molecule has 0 fully saturated rings. The highest BCUT2D eigenvalue weighted by Crippen LogP contribution is 2.33. The molecule has 0 atom stereocenters. The van der Waals surface area contributed by atoms with E-state index in [1.54, 1.807) is 32.4 Å². The van der Waals surface area contributed by atoms with Gasteiger partial charge >= 0.3 is 0 Å². The molecule has 5 nitrogen and oxygen atoms in total. The number of allylic oxidation sites excluding steroid dienone is 1. The Labute approximate surface area is 148 Å². The molecule has 1 aromatic carbocycles. The van der Waals surface area contributed by atoms with E-state index in [1.807, 2.05) is 26.8 Å². The molecule has 1 N–H and O–H groups in total. The Bertz CT molecular complexity index is 790. The summed E-state index contributed by atoms with van der Waals surface area (Å²) in [5.41, 5.74) is 4.76. The maximum atomic E-state index is 12.8. The summed E-state index contributed by atoms with van der Waals surface area (Å²) in [7, 11) is 3.13. The first-order chi connectivity index (χ1) is 11.9. The van der Waals surface area contributed by atoms with Gasteiger partial charge in [0, 0.05) is 16.8 Å². The number of rotatable bonds is 6. The number of aromatic nitrogens is 1. The molecular weight excluding hydrogens is 316 g/mol. The molecule has 0 radical (unpaired) electrons. The number of nitrogens with zero attached hydrogens (tertiary/aromatic N) is 1. The molecule has 0 bridgehead atoms. The van der Waals surface area contributed by atoms with Crippen molar-refractivity contribution in [1.29, 1.82) is 0 Å². The summed E-state index contributed by atoms with van der Waals surface area (Å²) in [5.74, 6) is 0.911. The molecule has 25 heavy (non-hydrogen) atoms. The molecule has 0 aliphatic heterocycles. The minimum absolute atomic E-state index is 0.219. The topological polar surface area (TPSA) is 60.5 Å². The van der Waals surface area contributed by atoms with Crippen molar-refractivity contribution in [2.45, 2.75) is 27.2 Å². The van der Waals surface area contributed by atoms with Gasteiger partial charge in [0.25, 0.3) is 5.91 Å². The minimum atomic E-state index is -0.219. The predicted molar refractivity (Wildman–Crippen MR) is 99.8 cm³/mol. The molecule has 1 aromatic heterocycles. The van der Waals surface area contributed by atoms with E-state index in [9.17, 15) is 4.79 Å². The Hall–Kier alpha value is -2.82. The third-order valence-electron chi connectivity index (χ3n) is 3.95. The van der Waals surface area contributed by atoms with Crippen LogP contribution in [0.3, 0.4) is 0 Å². The van der Waals surface area contributed by atoms with Gasteiger partial charge in [-0.05, 0) is 51.0 Å². The van der Waals surface area contributed by atoms with E-state index in [1.165, 1.54) is 0 Å². The fourth-order valence-corrected chi connectivity index (χ4v) is 2.88. The van der Waals surface area contributed by atoms with Crippen LogP contribution in [0.15, 0.2) is 30.9 Å². The van der Waals surface area contributed by atoms with Crippen LogP contribution in [-0.2, 0) is 6.42 Å². The standard InChI is InChI=1S/C20H24N2O3/c1-7-8-15-10-16(11-17(24-5)19(15)25-6)20(23)22-18-12(2)9-13(3)21-14(18)4/h7,9-11H,1,8H2,2-6H3,(H,22,23). The zero-order valence-corrected chi connectivity index (χ0v) is 15.4. The summed E-state index contributed by atoms with van der Waals surface area (Å²) in [6.07, 6.45) is 2.34. The summed E-state index contributed by atoms with van der Waals surface area (Å²) >= 11 is 0. The molecule has 0 saturated heterocycles. The van der Waals surface area contributed by atoms with Crippen LogP contribution < -0.4 is 14.8 Å². The number of carbonyl (C=O) groups excluding carboxylic acids is 1. The first-order valence-corrected chi connectivity index (χ1v) is 8.03. The van der Waals surface area contributed by atoms with Crippen LogP contribution in [0.2, 0.25) is 0 Å². The van der Waals surface area contributed by atoms with E-state index < -0.39 is 0 Å². The van der Waals surface area contributed by atoms with Gasteiger partial charge < -0.3 is 14.8 Å². The van der Waals surface area contributed by atoms with Gasteiger partial charge in [-0.1, -0.05) is 6.08 Å². The molecule has 5 heteroatoms. The van der Waals surface area contributed by atoms with Crippen LogP contribution in [0, 0.1) is 20.8 Å². The molecule has 0 unspecified atom stereocenters. The van der Waals surface area contributed by atoms with Gasteiger partial charge in [-0.25, -0.2) is 0 Å². The van der Waals surface area contributed by atoms with Gasteiger partial charge in [0.1, 0.15) is 0 Å². The van der Waals surface area contributed by atoms with Crippen LogP contribution in [0.5, 0.6) is 11.5 Å². The lowest BCUT2D eigenvalue weighted by Gasteiger charge is -2.16. The number of amides is 1. The van der Waals surface area contributed by atoms with Gasteiger partial charge in [-0.2, -0.15) is 0 Å². The second-order valence-corrected chi connectivity index (χ2v) is 5.86. The lowest BCUT2D eigenvalue weighted by Crippen LogP contribution is -2.15. The van der Waals surface area contributed by atoms with E-state index in [0.717, 1.165) is 28.2 Å². The Morgan fingerprint density at radius 3 is 2.48 bits per heavy atom. The number of hydrogen-bond acceptors (Lipinski definition) is 4. The molecule has 2 aromatic rings. The molecular formula is C20H24N2O3. The van der Waals surface area contributed by atoms with Crippen molar-refractivity contribution in [1.82, 2.24) is 4.98 Å². The number of pyridine rings is 1. The van der Waals surface area contributed by atoms with Crippen molar-refractivity contribution >= 4 is 11.6 Å². The van der Waals surface area contributed by atoms with E-state index in [2.05, 4.69) is 16.9 Å². The summed E-state index contributed by atoms with van der Waals surface area (Å²) in [6, 6.07) is 5.41. The van der Waals surface area contributed by atoms with Gasteiger partial charge in [-0.15, -0.1) is 6.58 Å². The third-order valence-corrected chi connectivity index (χ3v) is 3.95. The SMILES string of the molecule is C=CCc1cc(C(=O)Nc2c(C)cc(C)nc2C)cc(OC)c1OC. The number of nitrogens with one attached hydrogen (secondary N) is 1. The molecule has 2 rings (SSSR count). The van der Waals surface area contributed by atoms with Crippen LogP contribution >= 0.6 is 0 Å². The maximum absolute atomic E-state index is 12.8. The number of benzene rings is 1. The number of methoxy groups -OCH3 is 2. The Kier molecular flexibility index (Phi) is 5.80. The van der Waals surface area contributed by atoms with Gasteiger partial charge in [0.2, 0.25) is 0 Å². The number of carbonyl (C=O) groups is 1. The number of hydrogen-bond donors (Lipinski definition) is 1. The van der Waals surface area contributed by atoms with Gasteiger partial charge in [0.05, 0.1) is 25.6 Å². The smallest absolute Gasteiger partial charge is 0.255 e. The fourth-order valence-electron chi connectivity index (χ4n) is 2.88. The number of aryl methyl sites for hydroxylation is 3. The molecule has 0 aliphatic carbocycles. The highest BCUT2D eigenvalue weighted by molar-refractivity contribution is 6.05. The minimum Gasteiger partial charge on any atom is -0.493 e. The van der Waals surface area contributed by atoms with Crippen molar-refractivity contribution in [3.63, 3.8) is 0 Å². The van der Waals surface area contributed by atoms with Crippen molar-refractivity contribution in [2.24, 2.45) is 0 Å². The molecule has 1 heterocycles. The second kappa shape index (κ2) is 7.83. The average molecular weight is 340 g/mol. The van der Waals surface area contributed by atoms with E-state index >= 15 is 0 Å². The Morgan fingerprint density at radius 2 is 1.92 bits per heavy atom. The predicted octanol–water partition coefficient (Wildman–Crippen LogP) is 4.00. The molecule has 0 aliphatic rings. The van der Waals surface area contributed by atoms with Crippen LogP contribution in [0.25, 0.3) is 0 Å². The molecule has 0 saturated carbocycles. The first kappa shape index (κ1) is 18.5. The zero-order chi connectivity index (χ0) is 18.6. The quantitative estimate of drug-likeness (QED) is 0.807.